The molecule has 128 valence electrons. The van der Waals surface area contributed by atoms with E-state index in [0.717, 1.165) is 19.4 Å². The van der Waals surface area contributed by atoms with Gasteiger partial charge in [-0.15, -0.1) is 11.8 Å². The molecule has 0 amide bonds. The van der Waals surface area contributed by atoms with Gasteiger partial charge >= 0.3 is 0 Å². The smallest absolute Gasteiger partial charge is 0.165 e. The number of likely N-dealkylation sites (N-methyl/N-ethyl adjacent to an activating group) is 1. The SMILES string of the molecule is CN1CC[C@]23c4c5ccc(O)c4O[C@H]2[C@@]2(C)C=C[C@@]3(S[C@@H]2C#N)[C@H]1C5. The molecule has 4 heterocycles. The second-order valence-electron chi connectivity index (χ2n) is 8.49. The number of phenolic OH excluding ortho intramolecular Hbond substituents is 1. The number of benzene rings is 1. The maximum atomic E-state index is 10.5. The highest BCUT2D eigenvalue weighted by molar-refractivity contribution is 8.02. The molecule has 2 aliphatic carbocycles. The number of thioether (sulfide) groups is 1. The first-order valence-corrected chi connectivity index (χ1v) is 9.86. The standard InChI is InChI=1S/C20H20N2O2S/c1-18-5-6-20(25-14(18)10-21)13-9-11-3-4-12(23)16-15(11)19(20,17(18)24-16)7-8-22(13)2/h3-6,13-14,17,23H,7-9H2,1-2H3/t13-,14-,17+,18+,19+,20-/m1/s1. The number of hydrogen-bond acceptors (Lipinski definition) is 5. The van der Waals surface area contributed by atoms with Crippen LogP contribution in [0, 0.1) is 16.7 Å². The van der Waals surface area contributed by atoms with Gasteiger partial charge in [0, 0.05) is 17.0 Å². The summed E-state index contributed by atoms with van der Waals surface area (Å²) in [6, 6.07) is 6.78. The second-order valence-corrected chi connectivity index (χ2v) is 9.87. The van der Waals surface area contributed by atoms with Gasteiger partial charge in [0.05, 0.1) is 16.2 Å². The van der Waals surface area contributed by atoms with E-state index in [-0.39, 0.29) is 32.7 Å². The van der Waals surface area contributed by atoms with Crippen LogP contribution in [0.5, 0.6) is 11.5 Å². The van der Waals surface area contributed by atoms with Gasteiger partial charge in [0.15, 0.2) is 11.5 Å². The van der Waals surface area contributed by atoms with Gasteiger partial charge in [-0.3, -0.25) is 0 Å². The third-order valence-electron chi connectivity index (χ3n) is 7.60. The molecule has 5 heteroatoms. The number of phenols is 1. The third kappa shape index (κ3) is 1.24. The first kappa shape index (κ1) is 14.5. The molecule has 1 aromatic carbocycles. The van der Waals surface area contributed by atoms with Crippen LogP contribution in [-0.2, 0) is 11.8 Å². The highest BCUT2D eigenvalue weighted by atomic mass is 32.2. The minimum Gasteiger partial charge on any atom is -0.504 e. The number of aromatic hydroxyl groups is 1. The number of nitrogens with zero attached hydrogens (tertiary/aromatic N) is 2. The fourth-order valence-electron chi connectivity index (χ4n) is 6.48. The summed E-state index contributed by atoms with van der Waals surface area (Å²) in [6.45, 7) is 3.19. The van der Waals surface area contributed by atoms with E-state index in [4.69, 9.17) is 4.74 Å². The zero-order chi connectivity index (χ0) is 17.2. The number of hydrogen-bond donors (Lipinski definition) is 1. The largest absolute Gasteiger partial charge is 0.504 e. The van der Waals surface area contributed by atoms with E-state index >= 15 is 0 Å². The van der Waals surface area contributed by atoms with Gasteiger partial charge in [0.25, 0.3) is 0 Å². The van der Waals surface area contributed by atoms with Crippen molar-refractivity contribution >= 4 is 11.8 Å². The molecule has 0 saturated carbocycles. The summed E-state index contributed by atoms with van der Waals surface area (Å²) in [5.41, 5.74) is 2.09. The maximum absolute atomic E-state index is 10.5. The average Bonchev–Trinajstić information content (AvgIpc) is 2.98. The lowest BCUT2D eigenvalue weighted by molar-refractivity contribution is -0.0373. The molecule has 2 spiro atoms. The van der Waals surface area contributed by atoms with E-state index in [9.17, 15) is 10.4 Å². The monoisotopic (exact) mass is 352 g/mol. The lowest BCUT2D eigenvalue weighted by Crippen LogP contribution is -2.78. The molecule has 6 atom stereocenters. The van der Waals surface area contributed by atoms with Gasteiger partial charge in [-0.05, 0) is 38.1 Å². The van der Waals surface area contributed by atoms with Crippen molar-refractivity contribution in [1.82, 2.24) is 4.90 Å². The van der Waals surface area contributed by atoms with Gasteiger partial charge in [0.2, 0.25) is 0 Å². The Bertz CT molecular complexity index is 908. The fourth-order valence-corrected chi connectivity index (χ4v) is 8.47. The van der Waals surface area contributed by atoms with Gasteiger partial charge in [-0.25, -0.2) is 0 Å². The summed E-state index contributed by atoms with van der Waals surface area (Å²) >= 11 is 1.85. The molecule has 6 aliphatic rings. The summed E-state index contributed by atoms with van der Waals surface area (Å²) in [4.78, 5) is 2.47. The van der Waals surface area contributed by atoms with Crippen molar-refractivity contribution in [2.75, 3.05) is 13.6 Å². The summed E-state index contributed by atoms with van der Waals surface area (Å²) in [6.07, 6.45) is 6.53. The Hall–Kier alpha value is -1.64. The first-order valence-electron chi connectivity index (χ1n) is 8.98. The number of fused-ring (bicyclic) bond motifs is 1. The second kappa shape index (κ2) is 4.02. The first-order chi connectivity index (χ1) is 12.0. The average molecular weight is 352 g/mol. The van der Waals surface area contributed by atoms with E-state index in [1.54, 1.807) is 6.07 Å². The number of piperidine rings is 1. The van der Waals surface area contributed by atoms with Crippen molar-refractivity contribution < 1.29 is 9.84 Å². The molecule has 0 radical (unpaired) electrons. The van der Waals surface area contributed by atoms with Crippen LogP contribution in [0.4, 0.5) is 0 Å². The van der Waals surface area contributed by atoms with E-state index in [0.29, 0.717) is 11.8 Å². The number of ether oxygens (including phenoxy) is 1. The minimum atomic E-state index is -0.332. The molecule has 1 aromatic rings. The Morgan fingerprint density at radius 3 is 3.04 bits per heavy atom. The molecule has 1 N–H and O–H groups in total. The topological polar surface area (TPSA) is 56.5 Å². The Morgan fingerprint density at radius 1 is 1.40 bits per heavy atom. The quantitative estimate of drug-likeness (QED) is 0.728. The predicted molar refractivity (Wildman–Crippen MR) is 95.9 cm³/mol. The molecule has 7 rings (SSSR count). The van der Waals surface area contributed by atoms with Crippen LogP contribution in [0.1, 0.15) is 24.5 Å². The third-order valence-corrected chi connectivity index (χ3v) is 9.61. The fraction of sp³-hybridized carbons (Fsp3) is 0.550. The predicted octanol–water partition coefficient (Wildman–Crippen LogP) is 2.61. The molecule has 4 nitrogen and oxygen atoms in total. The van der Waals surface area contributed by atoms with Crippen LogP contribution in [0.15, 0.2) is 24.3 Å². The number of likely N-dealkylation sites (tertiary alicyclic amines) is 1. The van der Waals surface area contributed by atoms with Crippen LogP contribution < -0.4 is 4.74 Å². The van der Waals surface area contributed by atoms with Crippen LogP contribution in [0.2, 0.25) is 0 Å². The molecule has 0 aromatic heterocycles. The Balaban J connectivity index is 1.75. The molecule has 4 aliphatic heterocycles. The van der Waals surface area contributed by atoms with Crippen molar-refractivity contribution in [2.24, 2.45) is 5.41 Å². The number of rotatable bonds is 0. The number of nitriles is 1. The van der Waals surface area contributed by atoms with Crippen molar-refractivity contribution in [3.05, 3.63) is 35.4 Å². The summed E-state index contributed by atoms with van der Waals surface area (Å²) in [5, 5.41) is 20.3. The highest BCUT2D eigenvalue weighted by Crippen LogP contribution is 2.75. The summed E-state index contributed by atoms with van der Waals surface area (Å²) in [7, 11) is 2.21. The Morgan fingerprint density at radius 2 is 2.24 bits per heavy atom. The van der Waals surface area contributed by atoms with Gasteiger partial charge in [0.1, 0.15) is 11.4 Å². The zero-order valence-electron chi connectivity index (χ0n) is 14.3. The highest BCUT2D eigenvalue weighted by Gasteiger charge is 2.78. The van der Waals surface area contributed by atoms with Crippen LogP contribution in [0.3, 0.4) is 0 Å². The van der Waals surface area contributed by atoms with E-state index in [1.165, 1.54) is 11.1 Å². The summed E-state index contributed by atoms with van der Waals surface area (Å²) < 4.78 is 6.38. The molecule has 2 saturated heterocycles. The van der Waals surface area contributed by atoms with Crippen LogP contribution >= 0.6 is 11.8 Å². The normalized spacial score (nSPS) is 48.0. The van der Waals surface area contributed by atoms with Gasteiger partial charge in [-0.2, -0.15) is 5.26 Å². The van der Waals surface area contributed by atoms with E-state index in [2.05, 4.69) is 43.2 Å². The Kier molecular flexibility index (Phi) is 2.34. The van der Waals surface area contributed by atoms with Crippen molar-refractivity contribution in [1.29, 1.82) is 5.26 Å². The molecule has 2 fully saturated rings. The molecular formula is C20H20N2O2S. The minimum absolute atomic E-state index is 0.0746. The molecule has 25 heavy (non-hydrogen) atoms. The Labute approximate surface area is 151 Å². The zero-order valence-corrected chi connectivity index (χ0v) is 15.1. The van der Waals surface area contributed by atoms with Crippen molar-refractivity contribution in [3.8, 4) is 17.6 Å². The molecular weight excluding hydrogens is 332 g/mol. The van der Waals surface area contributed by atoms with Gasteiger partial charge < -0.3 is 14.7 Å². The van der Waals surface area contributed by atoms with Crippen molar-refractivity contribution in [3.63, 3.8) is 0 Å². The lowest BCUT2D eigenvalue weighted by atomic mass is 9.48. The lowest BCUT2D eigenvalue weighted by Gasteiger charge is -2.69. The van der Waals surface area contributed by atoms with Crippen LogP contribution in [0.25, 0.3) is 0 Å². The van der Waals surface area contributed by atoms with Crippen LogP contribution in [-0.4, -0.2) is 45.7 Å². The maximum Gasteiger partial charge on any atom is 0.165 e. The molecule has 4 bridgehead atoms. The molecule has 0 unspecified atom stereocenters. The van der Waals surface area contributed by atoms with Gasteiger partial charge in [-0.1, -0.05) is 25.1 Å². The van der Waals surface area contributed by atoms with E-state index in [1.807, 2.05) is 11.8 Å². The summed E-state index contributed by atoms with van der Waals surface area (Å²) in [5.74, 6) is 0.931. The van der Waals surface area contributed by atoms with E-state index < -0.39 is 0 Å². The van der Waals surface area contributed by atoms with Crippen molar-refractivity contribution in [2.45, 2.75) is 47.3 Å².